The van der Waals surface area contributed by atoms with Crippen LogP contribution in [0, 0.1) is 0 Å². The van der Waals surface area contributed by atoms with Crippen molar-refractivity contribution < 1.29 is 19.7 Å². The van der Waals surface area contributed by atoms with E-state index in [1.54, 1.807) is 18.3 Å². The molecular formula is C22H19BrN4O4S. The van der Waals surface area contributed by atoms with Crippen molar-refractivity contribution in [3.8, 4) is 33.4 Å². The van der Waals surface area contributed by atoms with Crippen molar-refractivity contribution >= 4 is 49.5 Å². The van der Waals surface area contributed by atoms with Crippen molar-refractivity contribution in [3.05, 3.63) is 52.8 Å². The monoisotopic (exact) mass is 514 g/mol. The number of anilines is 1. The quantitative estimate of drug-likeness (QED) is 0.224. The smallest absolute Gasteiger partial charge is 0.172 e. The summed E-state index contributed by atoms with van der Waals surface area (Å²) < 4.78 is 12.0. The molecule has 2 aromatic heterocycles. The van der Waals surface area contributed by atoms with Gasteiger partial charge >= 0.3 is 0 Å². The highest BCUT2D eigenvalue weighted by atomic mass is 79.9. The lowest BCUT2D eigenvalue weighted by molar-refractivity contribution is 0.341. The Morgan fingerprint density at radius 3 is 2.75 bits per heavy atom. The molecule has 8 nitrogen and oxygen atoms in total. The summed E-state index contributed by atoms with van der Waals surface area (Å²) in [5.74, 6) is 1.55. The van der Waals surface area contributed by atoms with E-state index in [1.807, 2.05) is 31.2 Å². The number of benzene rings is 2. The van der Waals surface area contributed by atoms with Crippen LogP contribution in [0.25, 0.3) is 20.7 Å². The van der Waals surface area contributed by atoms with Gasteiger partial charge in [-0.3, -0.25) is 5.43 Å². The standard InChI is InChI=1S/C22H19BrN4O4S/c1-3-31-15-7-5-4-6-13(15)20-19(29)17-21(32-20)22(25-11-24-17)27-26-10-12-8-14(23)18(28)16(9-12)30-2/h4-11,28-29H,3H2,1-2H3,(H,24,25,27). The molecule has 3 N–H and O–H groups in total. The first-order chi connectivity index (χ1) is 15.5. The Morgan fingerprint density at radius 1 is 1.16 bits per heavy atom. The van der Waals surface area contributed by atoms with Gasteiger partial charge in [0.05, 0.1) is 29.3 Å². The van der Waals surface area contributed by atoms with Crippen LogP contribution in [0.15, 0.2) is 52.3 Å². The van der Waals surface area contributed by atoms with Crippen LogP contribution in [-0.2, 0) is 0 Å². The van der Waals surface area contributed by atoms with E-state index >= 15 is 0 Å². The zero-order valence-corrected chi connectivity index (χ0v) is 19.6. The maximum Gasteiger partial charge on any atom is 0.172 e. The van der Waals surface area contributed by atoms with E-state index in [9.17, 15) is 10.2 Å². The van der Waals surface area contributed by atoms with Crippen LogP contribution in [-0.4, -0.2) is 40.1 Å². The molecule has 164 valence electrons. The number of thiophene rings is 1. The van der Waals surface area contributed by atoms with E-state index in [4.69, 9.17) is 9.47 Å². The van der Waals surface area contributed by atoms with Gasteiger partial charge in [0, 0.05) is 5.56 Å². The second-order valence-electron chi connectivity index (χ2n) is 6.53. The molecular weight excluding hydrogens is 496 g/mol. The Kier molecular flexibility index (Phi) is 6.42. The number of aromatic hydroxyl groups is 2. The summed E-state index contributed by atoms with van der Waals surface area (Å²) in [6, 6.07) is 10.9. The predicted octanol–water partition coefficient (Wildman–Crippen LogP) is 5.39. The van der Waals surface area contributed by atoms with Crippen molar-refractivity contribution in [2.24, 2.45) is 5.10 Å². The summed E-state index contributed by atoms with van der Waals surface area (Å²) >= 11 is 4.64. The molecule has 10 heteroatoms. The molecule has 32 heavy (non-hydrogen) atoms. The summed E-state index contributed by atoms with van der Waals surface area (Å²) in [6.45, 7) is 2.43. The first-order valence-corrected chi connectivity index (χ1v) is 11.2. The summed E-state index contributed by atoms with van der Waals surface area (Å²) in [7, 11) is 1.48. The highest BCUT2D eigenvalue weighted by molar-refractivity contribution is 9.10. The molecule has 0 aliphatic carbocycles. The summed E-state index contributed by atoms with van der Waals surface area (Å²) in [4.78, 5) is 9.15. The third-order valence-electron chi connectivity index (χ3n) is 4.53. The number of methoxy groups -OCH3 is 1. The predicted molar refractivity (Wildman–Crippen MR) is 129 cm³/mol. The van der Waals surface area contributed by atoms with E-state index in [2.05, 4.69) is 36.4 Å². The molecule has 4 rings (SSSR count). The third kappa shape index (κ3) is 4.19. The normalized spacial score (nSPS) is 11.2. The van der Waals surface area contributed by atoms with Crippen LogP contribution in [0.5, 0.6) is 23.0 Å². The number of para-hydroxylation sites is 1. The highest BCUT2D eigenvalue weighted by Gasteiger charge is 2.20. The Morgan fingerprint density at radius 2 is 1.97 bits per heavy atom. The number of phenols is 1. The molecule has 0 saturated carbocycles. The molecule has 4 aromatic rings. The lowest BCUT2D eigenvalue weighted by Gasteiger charge is -2.08. The minimum absolute atomic E-state index is 0.0176. The second kappa shape index (κ2) is 9.41. The molecule has 0 spiro atoms. The van der Waals surface area contributed by atoms with Gasteiger partial charge in [0.2, 0.25) is 0 Å². The number of hydrogen-bond acceptors (Lipinski definition) is 9. The number of hydrogen-bond donors (Lipinski definition) is 3. The molecule has 0 saturated heterocycles. The van der Waals surface area contributed by atoms with Crippen LogP contribution in [0.1, 0.15) is 12.5 Å². The number of ether oxygens (including phenoxy) is 2. The van der Waals surface area contributed by atoms with Crippen LogP contribution in [0.2, 0.25) is 0 Å². The molecule has 2 heterocycles. The van der Waals surface area contributed by atoms with E-state index in [1.165, 1.54) is 24.8 Å². The number of rotatable bonds is 7. The number of phenolic OH excluding ortho intramolecular Hbond substituents is 1. The molecule has 0 unspecified atom stereocenters. The van der Waals surface area contributed by atoms with E-state index in [0.29, 0.717) is 49.1 Å². The van der Waals surface area contributed by atoms with Crippen LogP contribution >= 0.6 is 27.3 Å². The van der Waals surface area contributed by atoms with Gasteiger partial charge in [-0.05, 0) is 52.7 Å². The number of nitrogens with zero attached hydrogens (tertiary/aromatic N) is 3. The number of hydrazone groups is 1. The average molecular weight is 515 g/mol. The number of fused-ring (bicyclic) bond motifs is 1. The number of halogens is 1. The van der Waals surface area contributed by atoms with E-state index < -0.39 is 0 Å². The minimum Gasteiger partial charge on any atom is -0.504 e. The van der Waals surface area contributed by atoms with Crippen molar-refractivity contribution in [1.82, 2.24) is 9.97 Å². The average Bonchev–Trinajstić information content (AvgIpc) is 3.14. The first-order valence-electron chi connectivity index (χ1n) is 9.57. The van der Waals surface area contributed by atoms with Gasteiger partial charge in [-0.1, -0.05) is 12.1 Å². The number of nitrogens with one attached hydrogen (secondary N) is 1. The van der Waals surface area contributed by atoms with Crippen molar-refractivity contribution in [2.75, 3.05) is 19.1 Å². The lowest BCUT2D eigenvalue weighted by Crippen LogP contribution is -1.95. The van der Waals surface area contributed by atoms with Gasteiger partial charge in [-0.2, -0.15) is 5.10 Å². The maximum atomic E-state index is 10.8. The Bertz CT molecular complexity index is 1310. The van der Waals surface area contributed by atoms with Crippen molar-refractivity contribution in [1.29, 1.82) is 0 Å². The van der Waals surface area contributed by atoms with Crippen LogP contribution in [0.3, 0.4) is 0 Å². The molecule has 0 atom stereocenters. The Balaban J connectivity index is 1.68. The van der Waals surface area contributed by atoms with Crippen LogP contribution < -0.4 is 14.9 Å². The van der Waals surface area contributed by atoms with E-state index in [0.717, 1.165) is 5.56 Å². The van der Waals surface area contributed by atoms with Gasteiger partial charge < -0.3 is 19.7 Å². The first kappa shape index (κ1) is 21.8. The Hall–Kier alpha value is -3.37. The zero-order chi connectivity index (χ0) is 22.7. The zero-order valence-electron chi connectivity index (χ0n) is 17.2. The van der Waals surface area contributed by atoms with Gasteiger partial charge in [-0.15, -0.1) is 11.3 Å². The van der Waals surface area contributed by atoms with Crippen molar-refractivity contribution in [3.63, 3.8) is 0 Å². The van der Waals surface area contributed by atoms with Gasteiger partial charge in [-0.25, -0.2) is 9.97 Å². The molecule has 2 aromatic carbocycles. The summed E-state index contributed by atoms with van der Waals surface area (Å²) in [5, 5.41) is 25.0. The highest BCUT2D eigenvalue weighted by Crippen LogP contribution is 2.47. The molecule has 0 bridgehead atoms. The Labute approximate surface area is 196 Å². The molecule has 0 aliphatic rings. The molecule has 0 amide bonds. The molecule has 0 radical (unpaired) electrons. The summed E-state index contributed by atoms with van der Waals surface area (Å²) in [5.41, 5.74) is 4.82. The second-order valence-corrected chi connectivity index (χ2v) is 8.41. The fourth-order valence-electron chi connectivity index (χ4n) is 3.09. The van der Waals surface area contributed by atoms with Gasteiger partial charge in [0.1, 0.15) is 22.3 Å². The van der Waals surface area contributed by atoms with Crippen molar-refractivity contribution in [2.45, 2.75) is 6.92 Å². The van der Waals surface area contributed by atoms with Gasteiger partial charge in [0.25, 0.3) is 0 Å². The lowest BCUT2D eigenvalue weighted by atomic mass is 10.1. The molecule has 0 fully saturated rings. The fraction of sp³-hybridized carbons (Fsp3) is 0.136. The van der Waals surface area contributed by atoms with Crippen LogP contribution in [0.4, 0.5) is 5.82 Å². The number of aromatic nitrogens is 2. The largest absolute Gasteiger partial charge is 0.504 e. The third-order valence-corrected chi connectivity index (χ3v) is 6.35. The van der Waals surface area contributed by atoms with Gasteiger partial charge in [0.15, 0.2) is 23.1 Å². The topological polar surface area (TPSA) is 109 Å². The summed E-state index contributed by atoms with van der Waals surface area (Å²) in [6.07, 6.45) is 2.93. The SMILES string of the molecule is CCOc1ccccc1-c1sc2c(NN=Cc3cc(Br)c(O)c(OC)c3)ncnc2c1O. The fourth-order valence-corrected chi connectivity index (χ4v) is 4.66. The van der Waals surface area contributed by atoms with E-state index in [-0.39, 0.29) is 11.5 Å². The molecule has 0 aliphatic heterocycles. The minimum atomic E-state index is 0.0176. The maximum absolute atomic E-state index is 10.8.